The molecule has 0 saturated carbocycles. The van der Waals surface area contributed by atoms with E-state index in [9.17, 15) is 4.79 Å². The molecule has 0 saturated heterocycles. The van der Waals surface area contributed by atoms with Gasteiger partial charge in [-0.25, -0.2) is 14.8 Å². The van der Waals surface area contributed by atoms with Gasteiger partial charge in [0.2, 0.25) is 0 Å². The van der Waals surface area contributed by atoms with E-state index in [1.165, 1.54) is 6.33 Å². The molecule has 0 fully saturated rings. The van der Waals surface area contributed by atoms with Gasteiger partial charge in [-0.05, 0) is 31.0 Å². The van der Waals surface area contributed by atoms with Crippen LogP contribution in [0.4, 0.5) is 5.82 Å². The number of rotatable bonds is 6. The van der Waals surface area contributed by atoms with Crippen molar-refractivity contribution in [2.75, 3.05) is 11.9 Å². The van der Waals surface area contributed by atoms with Crippen molar-refractivity contribution < 1.29 is 9.90 Å². The van der Waals surface area contributed by atoms with Crippen molar-refractivity contribution in [1.82, 2.24) is 9.97 Å². The van der Waals surface area contributed by atoms with Crippen LogP contribution in [-0.4, -0.2) is 27.6 Å². The third-order valence-corrected chi connectivity index (χ3v) is 2.92. The second-order valence-electron chi connectivity index (χ2n) is 4.35. The van der Waals surface area contributed by atoms with Crippen molar-refractivity contribution >= 4 is 22.7 Å². The highest BCUT2D eigenvalue weighted by Gasteiger charge is 2.07. The van der Waals surface area contributed by atoms with Crippen LogP contribution in [0.3, 0.4) is 0 Å². The van der Waals surface area contributed by atoms with Crippen molar-refractivity contribution in [2.24, 2.45) is 0 Å². The molecule has 2 aromatic rings. The number of carboxylic acid groups (broad SMARTS) is 1. The molecule has 0 aliphatic rings. The van der Waals surface area contributed by atoms with Crippen LogP contribution in [0.5, 0.6) is 0 Å². The zero-order valence-electron chi connectivity index (χ0n) is 11.0. The van der Waals surface area contributed by atoms with E-state index < -0.39 is 5.97 Å². The first-order valence-corrected chi connectivity index (χ1v) is 6.38. The summed E-state index contributed by atoms with van der Waals surface area (Å²) >= 11 is 0. The normalized spacial score (nSPS) is 10.2. The first-order chi connectivity index (χ1) is 9.72. The van der Waals surface area contributed by atoms with Gasteiger partial charge in [0.25, 0.3) is 0 Å². The third-order valence-electron chi connectivity index (χ3n) is 2.92. The van der Waals surface area contributed by atoms with Crippen LogP contribution in [0.25, 0.3) is 10.9 Å². The fourth-order valence-corrected chi connectivity index (χ4v) is 1.89. The number of carboxylic acids is 1. The minimum absolute atomic E-state index is 0.219. The van der Waals surface area contributed by atoms with Crippen molar-refractivity contribution in [3.05, 3.63) is 30.1 Å². The molecule has 2 N–H and O–H groups in total. The molecule has 0 spiro atoms. The Hall–Kier alpha value is -2.61. The highest BCUT2D eigenvalue weighted by molar-refractivity contribution is 5.96. The van der Waals surface area contributed by atoms with Gasteiger partial charge in [-0.1, -0.05) is 0 Å². The van der Waals surface area contributed by atoms with Crippen LogP contribution < -0.4 is 5.32 Å². The van der Waals surface area contributed by atoms with Gasteiger partial charge in [-0.3, -0.25) is 0 Å². The zero-order chi connectivity index (χ0) is 14.4. The Bertz CT molecular complexity index is 662. The van der Waals surface area contributed by atoms with E-state index in [1.807, 2.05) is 0 Å². The maximum absolute atomic E-state index is 10.9. The van der Waals surface area contributed by atoms with Crippen LogP contribution in [0, 0.1) is 12.3 Å². The number of fused-ring (bicyclic) bond motifs is 1. The molecule has 0 aliphatic carbocycles. The standard InChI is InChI=1S/C15H15N3O2/c1-2-3-4-5-8-16-14-12-7-6-11(15(19)20)9-13(12)17-10-18-14/h1,6-7,9-10H,3-5,8H2,(H,19,20)(H,16,17,18). The first-order valence-electron chi connectivity index (χ1n) is 6.38. The molecule has 2 rings (SSSR count). The summed E-state index contributed by atoms with van der Waals surface area (Å²) in [5.74, 6) is 2.36. The lowest BCUT2D eigenvalue weighted by Crippen LogP contribution is -2.05. The molecule has 102 valence electrons. The van der Waals surface area contributed by atoms with Crippen molar-refractivity contribution in [1.29, 1.82) is 0 Å². The van der Waals surface area contributed by atoms with E-state index in [2.05, 4.69) is 21.2 Å². The molecular formula is C15H15N3O2. The minimum atomic E-state index is -0.964. The lowest BCUT2D eigenvalue weighted by Gasteiger charge is -2.08. The van der Waals surface area contributed by atoms with E-state index >= 15 is 0 Å². The fourth-order valence-electron chi connectivity index (χ4n) is 1.89. The Kier molecular flexibility index (Phi) is 4.51. The number of aromatic nitrogens is 2. The zero-order valence-corrected chi connectivity index (χ0v) is 11.0. The van der Waals surface area contributed by atoms with Gasteiger partial charge in [0.15, 0.2) is 0 Å². The maximum atomic E-state index is 10.9. The summed E-state index contributed by atoms with van der Waals surface area (Å²) in [7, 11) is 0. The van der Waals surface area contributed by atoms with Gasteiger partial charge in [-0.15, -0.1) is 12.3 Å². The molecule has 5 nitrogen and oxygen atoms in total. The highest BCUT2D eigenvalue weighted by atomic mass is 16.4. The Morgan fingerprint density at radius 2 is 2.20 bits per heavy atom. The summed E-state index contributed by atoms with van der Waals surface area (Å²) in [6.07, 6.45) is 9.33. The largest absolute Gasteiger partial charge is 0.478 e. The second kappa shape index (κ2) is 6.53. The van der Waals surface area contributed by atoms with Gasteiger partial charge in [0.1, 0.15) is 12.1 Å². The topological polar surface area (TPSA) is 75.1 Å². The van der Waals surface area contributed by atoms with Gasteiger partial charge >= 0.3 is 5.97 Å². The monoisotopic (exact) mass is 269 g/mol. The maximum Gasteiger partial charge on any atom is 0.335 e. The molecule has 0 radical (unpaired) electrons. The summed E-state index contributed by atoms with van der Waals surface area (Å²) in [4.78, 5) is 19.2. The van der Waals surface area contributed by atoms with Crippen LogP contribution in [0.1, 0.15) is 29.6 Å². The number of nitrogens with zero attached hydrogens (tertiary/aromatic N) is 2. The molecular weight excluding hydrogens is 254 g/mol. The fraction of sp³-hybridized carbons (Fsp3) is 0.267. The van der Waals surface area contributed by atoms with Crippen molar-refractivity contribution in [3.8, 4) is 12.3 Å². The molecule has 1 heterocycles. The highest BCUT2D eigenvalue weighted by Crippen LogP contribution is 2.20. The number of aromatic carboxylic acids is 1. The Morgan fingerprint density at radius 1 is 1.35 bits per heavy atom. The molecule has 0 aliphatic heterocycles. The third kappa shape index (κ3) is 3.23. The summed E-state index contributed by atoms with van der Waals surface area (Å²) < 4.78 is 0. The Morgan fingerprint density at radius 3 is 2.95 bits per heavy atom. The smallest absolute Gasteiger partial charge is 0.335 e. The van der Waals surface area contributed by atoms with Gasteiger partial charge in [0.05, 0.1) is 11.1 Å². The quantitative estimate of drug-likeness (QED) is 0.622. The van der Waals surface area contributed by atoms with E-state index in [-0.39, 0.29) is 5.56 Å². The van der Waals surface area contributed by atoms with Crippen LogP contribution >= 0.6 is 0 Å². The average molecular weight is 269 g/mol. The summed E-state index contributed by atoms with van der Waals surface area (Å²) in [6, 6.07) is 4.82. The van der Waals surface area contributed by atoms with E-state index in [0.717, 1.165) is 31.2 Å². The van der Waals surface area contributed by atoms with Gasteiger partial charge < -0.3 is 10.4 Å². The van der Waals surface area contributed by atoms with Gasteiger partial charge in [-0.2, -0.15) is 0 Å². The number of terminal acetylenes is 1. The molecule has 0 unspecified atom stereocenters. The minimum Gasteiger partial charge on any atom is -0.478 e. The predicted molar refractivity (Wildman–Crippen MR) is 77.7 cm³/mol. The molecule has 0 bridgehead atoms. The van der Waals surface area contributed by atoms with E-state index in [4.69, 9.17) is 11.5 Å². The molecule has 20 heavy (non-hydrogen) atoms. The number of anilines is 1. The number of unbranched alkanes of at least 4 members (excludes halogenated alkanes) is 2. The van der Waals surface area contributed by atoms with Crippen LogP contribution in [0.15, 0.2) is 24.5 Å². The predicted octanol–water partition coefficient (Wildman–Crippen LogP) is 2.54. The van der Waals surface area contributed by atoms with Crippen LogP contribution in [-0.2, 0) is 0 Å². The van der Waals surface area contributed by atoms with E-state index in [1.54, 1.807) is 18.2 Å². The van der Waals surface area contributed by atoms with Crippen LogP contribution in [0.2, 0.25) is 0 Å². The summed E-state index contributed by atoms with van der Waals surface area (Å²) in [5.41, 5.74) is 0.835. The summed E-state index contributed by atoms with van der Waals surface area (Å²) in [5, 5.41) is 13.0. The molecule has 0 atom stereocenters. The number of benzene rings is 1. The number of carbonyl (C=O) groups is 1. The number of nitrogens with one attached hydrogen (secondary N) is 1. The first kappa shape index (κ1) is 13.8. The number of hydrogen-bond acceptors (Lipinski definition) is 4. The molecule has 1 aromatic heterocycles. The lowest BCUT2D eigenvalue weighted by molar-refractivity contribution is 0.0697. The van der Waals surface area contributed by atoms with E-state index in [0.29, 0.717) is 11.3 Å². The van der Waals surface area contributed by atoms with Crippen molar-refractivity contribution in [3.63, 3.8) is 0 Å². The SMILES string of the molecule is C#CCCCCNc1ncnc2cc(C(=O)O)ccc12. The molecule has 1 aromatic carbocycles. The Labute approximate surface area is 117 Å². The van der Waals surface area contributed by atoms with Crippen molar-refractivity contribution in [2.45, 2.75) is 19.3 Å². The summed E-state index contributed by atoms with van der Waals surface area (Å²) in [6.45, 7) is 0.772. The molecule has 5 heteroatoms. The molecule has 0 amide bonds. The second-order valence-corrected chi connectivity index (χ2v) is 4.35. The Balaban J connectivity index is 2.14. The van der Waals surface area contributed by atoms with Gasteiger partial charge in [0, 0.05) is 18.4 Å². The average Bonchev–Trinajstić information content (AvgIpc) is 2.46. The number of hydrogen-bond donors (Lipinski definition) is 2. The lowest BCUT2D eigenvalue weighted by atomic mass is 10.1.